The van der Waals surface area contributed by atoms with Crippen LogP contribution >= 0.6 is 0 Å². The van der Waals surface area contributed by atoms with Crippen molar-refractivity contribution in [3.63, 3.8) is 0 Å². The summed E-state index contributed by atoms with van der Waals surface area (Å²) in [5.74, 6) is -1.01. The second kappa shape index (κ2) is 10.1. The van der Waals surface area contributed by atoms with Crippen molar-refractivity contribution in [3.8, 4) is 0 Å². The average Bonchev–Trinajstić information content (AvgIpc) is 2.71. The Bertz CT molecular complexity index is 941. The number of hydrazine groups is 1. The quantitative estimate of drug-likeness (QED) is 0.563. The zero-order valence-corrected chi connectivity index (χ0v) is 17.4. The molecule has 9 heteroatoms. The highest BCUT2D eigenvalue weighted by Crippen LogP contribution is 2.11. The molecule has 3 N–H and O–H groups in total. The Labute approximate surface area is 170 Å². The first-order valence-electron chi connectivity index (χ1n) is 9.07. The van der Waals surface area contributed by atoms with E-state index in [1.54, 1.807) is 19.1 Å². The molecular formula is C20H25N3O5S. The van der Waals surface area contributed by atoms with Crippen molar-refractivity contribution in [1.29, 1.82) is 0 Å². The van der Waals surface area contributed by atoms with Gasteiger partial charge in [-0.25, -0.2) is 13.1 Å². The molecule has 0 aliphatic carbocycles. The molecule has 0 aromatic heterocycles. The van der Waals surface area contributed by atoms with E-state index in [1.165, 1.54) is 31.4 Å². The van der Waals surface area contributed by atoms with Crippen LogP contribution in [0.2, 0.25) is 0 Å². The summed E-state index contributed by atoms with van der Waals surface area (Å²) in [5.41, 5.74) is 6.37. The fourth-order valence-corrected chi connectivity index (χ4v) is 3.78. The first-order chi connectivity index (χ1) is 13.8. The Hall–Kier alpha value is -2.75. The van der Waals surface area contributed by atoms with Crippen LogP contribution in [0.15, 0.2) is 53.4 Å². The van der Waals surface area contributed by atoms with Gasteiger partial charge in [0.15, 0.2) is 0 Å². The number of aryl methyl sites for hydroxylation is 1. The summed E-state index contributed by atoms with van der Waals surface area (Å²) in [4.78, 5) is 24.3. The Kier molecular flexibility index (Phi) is 7.89. The van der Waals surface area contributed by atoms with Crippen molar-refractivity contribution >= 4 is 21.8 Å². The maximum absolute atomic E-state index is 12.3. The number of amides is 2. The number of ether oxygens (including phenoxy) is 1. The molecule has 0 spiro atoms. The predicted octanol–water partition coefficient (Wildman–Crippen LogP) is 1.64. The van der Waals surface area contributed by atoms with Gasteiger partial charge in [0.2, 0.25) is 10.0 Å². The van der Waals surface area contributed by atoms with Gasteiger partial charge in [-0.3, -0.25) is 20.4 Å². The topological polar surface area (TPSA) is 114 Å². The molecule has 0 saturated heterocycles. The number of nitrogens with one attached hydrogen (secondary N) is 3. The molecule has 0 saturated carbocycles. The summed E-state index contributed by atoms with van der Waals surface area (Å²) in [6.07, 6.45) is 0.866. The van der Waals surface area contributed by atoms with Gasteiger partial charge in [-0.1, -0.05) is 19.1 Å². The van der Waals surface area contributed by atoms with Crippen molar-refractivity contribution in [1.82, 2.24) is 15.6 Å². The highest BCUT2D eigenvalue weighted by molar-refractivity contribution is 7.89. The zero-order chi connectivity index (χ0) is 21.4. The number of methoxy groups -OCH3 is 1. The fraction of sp³-hybridized carbons (Fsp3) is 0.300. The lowest BCUT2D eigenvalue weighted by atomic mass is 10.1. The van der Waals surface area contributed by atoms with E-state index in [4.69, 9.17) is 4.74 Å². The summed E-state index contributed by atoms with van der Waals surface area (Å²) in [6.45, 7) is 3.93. The Morgan fingerprint density at radius 3 is 1.86 bits per heavy atom. The molecule has 8 nitrogen and oxygen atoms in total. The summed E-state index contributed by atoms with van der Waals surface area (Å²) < 4.78 is 32.0. The van der Waals surface area contributed by atoms with Gasteiger partial charge in [0, 0.05) is 24.3 Å². The Morgan fingerprint density at radius 2 is 1.41 bits per heavy atom. The minimum Gasteiger partial charge on any atom is -0.383 e. The van der Waals surface area contributed by atoms with E-state index in [1.807, 2.05) is 19.1 Å². The molecule has 0 aliphatic rings. The van der Waals surface area contributed by atoms with Crippen LogP contribution in [-0.2, 0) is 21.2 Å². The molecule has 0 unspecified atom stereocenters. The molecule has 2 aromatic rings. The average molecular weight is 420 g/mol. The molecule has 2 rings (SSSR count). The van der Waals surface area contributed by atoms with Crippen LogP contribution in [0.5, 0.6) is 0 Å². The molecule has 2 aromatic carbocycles. The van der Waals surface area contributed by atoms with Crippen LogP contribution in [-0.4, -0.2) is 40.0 Å². The van der Waals surface area contributed by atoms with Crippen molar-refractivity contribution in [2.45, 2.75) is 31.2 Å². The minimum atomic E-state index is -3.72. The summed E-state index contributed by atoms with van der Waals surface area (Å²) >= 11 is 0. The van der Waals surface area contributed by atoms with Crippen LogP contribution in [0.4, 0.5) is 0 Å². The standard InChI is InChI=1S/C20H25N3O5S/c1-4-15-5-7-16(8-6-15)19(24)21-22-20(25)17-9-11-18(12-10-17)29(26,27)23-14(2)13-28-3/h5-12,14,23H,4,13H2,1-3H3,(H,21,24)(H,22,25)/t14-/m0/s1. The van der Waals surface area contributed by atoms with Crippen LogP contribution < -0.4 is 15.6 Å². The first kappa shape index (κ1) is 22.5. The second-order valence-corrected chi connectivity index (χ2v) is 8.17. The van der Waals surface area contributed by atoms with E-state index in [2.05, 4.69) is 15.6 Å². The van der Waals surface area contributed by atoms with Gasteiger partial charge in [0.1, 0.15) is 0 Å². The molecule has 2 amide bonds. The molecule has 29 heavy (non-hydrogen) atoms. The van der Waals surface area contributed by atoms with E-state index >= 15 is 0 Å². The van der Waals surface area contributed by atoms with Crippen molar-refractivity contribution in [3.05, 3.63) is 65.2 Å². The van der Waals surface area contributed by atoms with Crippen LogP contribution in [0, 0.1) is 0 Å². The van der Waals surface area contributed by atoms with Crippen LogP contribution in [0.1, 0.15) is 40.1 Å². The molecule has 1 atom stereocenters. The second-order valence-electron chi connectivity index (χ2n) is 6.46. The lowest BCUT2D eigenvalue weighted by Crippen LogP contribution is -2.41. The smallest absolute Gasteiger partial charge is 0.269 e. The summed E-state index contributed by atoms with van der Waals surface area (Å²) in [6, 6.07) is 12.0. The summed E-state index contributed by atoms with van der Waals surface area (Å²) in [7, 11) is -2.24. The third-order valence-electron chi connectivity index (χ3n) is 4.11. The molecule has 0 fully saturated rings. The molecule has 0 bridgehead atoms. The molecule has 0 heterocycles. The largest absolute Gasteiger partial charge is 0.383 e. The van der Waals surface area contributed by atoms with Gasteiger partial charge >= 0.3 is 0 Å². The number of carbonyl (C=O) groups is 2. The normalized spacial score (nSPS) is 12.2. The summed E-state index contributed by atoms with van der Waals surface area (Å²) in [5, 5.41) is 0. The molecular weight excluding hydrogens is 394 g/mol. The number of hydrogen-bond donors (Lipinski definition) is 3. The number of sulfonamides is 1. The van der Waals surface area contributed by atoms with Crippen LogP contribution in [0.3, 0.4) is 0 Å². The minimum absolute atomic E-state index is 0.0250. The highest BCUT2D eigenvalue weighted by Gasteiger charge is 2.18. The molecule has 0 aliphatic heterocycles. The number of carbonyl (C=O) groups excluding carboxylic acids is 2. The third-order valence-corrected chi connectivity index (χ3v) is 5.72. The van der Waals surface area contributed by atoms with E-state index in [0.29, 0.717) is 5.56 Å². The first-order valence-corrected chi connectivity index (χ1v) is 10.6. The van der Waals surface area contributed by atoms with E-state index in [0.717, 1.165) is 12.0 Å². The van der Waals surface area contributed by atoms with E-state index < -0.39 is 27.9 Å². The van der Waals surface area contributed by atoms with Crippen molar-refractivity contribution in [2.24, 2.45) is 0 Å². The maximum atomic E-state index is 12.3. The fourth-order valence-electron chi connectivity index (χ4n) is 2.55. The Balaban J connectivity index is 1.96. The monoisotopic (exact) mass is 419 g/mol. The van der Waals surface area contributed by atoms with Gasteiger partial charge in [-0.2, -0.15) is 0 Å². The third kappa shape index (κ3) is 6.38. The Morgan fingerprint density at radius 1 is 0.931 bits per heavy atom. The number of rotatable bonds is 8. The van der Waals surface area contributed by atoms with E-state index in [9.17, 15) is 18.0 Å². The SMILES string of the molecule is CCc1ccc(C(=O)NNC(=O)c2ccc(S(=O)(=O)N[C@@H](C)COC)cc2)cc1. The molecule has 156 valence electrons. The zero-order valence-electron chi connectivity index (χ0n) is 16.6. The van der Waals surface area contributed by atoms with Crippen LogP contribution in [0.25, 0.3) is 0 Å². The predicted molar refractivity (Wildman–Crippen MR) is 109 cm³/mol. The van der Waals surface area contributed by atoms with Gasteiger partial charge < -0.3 is 4.74 Å². The maximum Gasteiger partial charge on any atom is 0.269 e. The van der Waals surface area contributed by atoms with Gasteiger partial charge in [0.25, 0.3) is 11.8 Å². The number of benzene rings is 2. The van der Waals surface area contributed by atoms with Gasteiger partial charge in [-0.05, 0) is 55.3 Å². The highest BCUT2D eigenvalue weighted by atomic mass is 32.2. The van der Waals surface area contributed by atoms with Gasteiger partial charge in [-0.15, -0.1) is 0 Å². The van der Waals surface area contributed by atoms with Crippen molar-refractivity contribution in [2.75, 3.05) is 13.7 Å². The number of hydrogen-bond acceptors (Lipinski definition) is 5. The van der Waals surface area contributed by atoms with Gasteiger partial charge in [0.05, 0.1) is 11.5 Å². The van der Waals surface area contributed by atoms with E-state index in [-0.39, 0.29) is 17.1 Å². The lowest BCUT2D eigenvalue weighted by molar-refractivity contribution is 0.0846. The molecule has 0 radical (unpaired) electrons. The lowest BCUT2D eigenvalue weighted by Gasteiger charge is -2.13. The van der Waals surface area contributed by atoms with Crippen molar-refractivity contribution < 1.29 is 22.7 Å².